The highest BCUT2D eigenvalue weighted by Gasteiger charge is 2.18. The summed E-state index contributed by atoms with van der Waals surface area (Å²) in [5, 5.41) is -0.555. The highest BCUT2D eigenvalue weighted by atomic mass is 35.5. The van der Waals surface area contributed by atoms with Gasteiger partial charge < -0.3 is 10.5 Å². The van der Waals surface area contributed by atoms with Crippen LogP contribution >= 0.6 is 11.6 Å². The molecule has 1 rings (SSSR count). The first-order chi connectivity index (χ1) is 6.97. The van der Waals surface area contributed by atoms with Gasteiger partial charge in [-0.2, -0.15) is 0 Å². The number of benzene rings is 1. The van der Waals surface area contributed by atoms with Crippen LogP contribution in [-0.2, 0) is 6.42 Å². The quantitative estimate of drug-likeness (QED) is 0.817. The van der Waals surface area contributed by atoms with E-state index in [1.165, 1.54) is 7.11 Å². The van der Waals surface area contributed by atoms with Crippen LogP contribution in [-0.4, -0.2) is 13.2 Å². The summed E-state index contributed by atoms with van der Waals surface area (Å²) in [6, 6.07) is 0.937. The number of nitrogens with two attached hydrogens (primary N) is 1. The standard InChI is InChI=1S/C10H12ClF2NO/c1-5(14)3-6-4-7(12)8(11)9(13)10(6)15-2/h4-5H,3,14H2,1-2H3. The molecule has 0 spiro atoms. The van der Waals surface area contributed by atoms with Gasteiger partial charge in [0.2, 0.25) is 0 Å². The molecule has 0 radical (unpaired) electrons. The molecule has 0 fully saturated rings. The summed E-state index contributed by atoms with van der Waals surface area (Å²) in [5.41, 5.74) is 5.93. The molecule has 1 aromatic carbocycles. The maximum atomic E-state index is 13.4. The summed E-state index contributed by atoms with van der Waals surface area (Å²) in [6.07, 6.45) is 0.328. The summed E-state index contributed by atoms with van der Waals surface area (Å²) in [5.74, 6) is -1.72. The maximum absolute atomic E-state index is 13.4. The largest absolute Gasteiger partial charge is 0.493 e. The average molecular weight is 236 g/mol. The lowest BCUT2D eigenvalue weighted by atomic mass is 10.1. The van der Waals surface area contributed by atoms with Gasteiger partial charge in [0.25, 0.3) is 0 Å². The first-order valence-corrected chi connectivity index (χ1v) is 4.81. The molecule has 15 heavy (non-hydrogen) atoms. The van der Waals surface area contributed by atoms with Gasteiger partial charge in [0.15, 0.2) is 11.6 Å². The van der Waals surface area contributed by atoms with Gasteiger partial charge >= 0.3 is 0 Å². The highest BCUT2D eigenvalue weighted by Crippen LogP contribution is 2.31. The van der Waals surface area contributed by atoms with Crippen LogP contribution in [0.15, 0.2) is 6.07 Å². The predicted octanol–water partition coefficient (Wildman–Crippen LogP) is 2.52. The van der Waals surface area contributed by atoms with Crippen LogP contribution in [0.5, 0.6) is 5.75 Å². The third kappa shape index (κ3) is 2.58. The number of hydrogen-bond donors (Lipinski definition) is 1. The second kappa shape index (κ2) is 4.77. The lowest BCUT2D eigenvalue weighted by Crippen LogP contribution is -2.18. The molecule has 1 atom stereocenters. The Bertz CT molecular complexity index is 369. The summed E-state index contributed by atoms with van der Waals surface area (Å²) >= 11 is 5.41. The molecule has 2 nitrogen and oxygen atoms in total. The summed E-state index contributed by atoms with van der Waals surface area (Å²) in [6.45, 7) is 1.74. The van der Waals surface area contributed by atoms with Crippen molar-refractivity contribution in [3.8, 4) is 5.75 Å². The van der Waals surface area contributed by atoms with Crippen LogP contribution in [0.4, 0.5) is 8.78 Å². The van der Waals surface area contributed by atoms with Gasteiger partial charge in [-0.25, -0.2) is 8.78 Å². The number of rotatable bonds is 3. The van der Waals surface area contributed by atoms with Crippen molar-refractivity contribution in [2.45, 2.75) is 19.4 Å². The lowest BCUT2D eigenvalue weighted by Gasteiger charge is -2.12. The number of methoxy groups -OCH3 is 1. The van der Waals surface area contributed by atoms with Crippen LogP contribution in [0.1, 0.15) is 12.5 Å². The van der Waals surface area contributed by atoms with Gasteiger partial charge in [0.1, 0.15) is 10.8 Å². The SMILES string of the molecule is COc1c(CC(C)N)cc(F)c(Cl)c1F. The minimum atomic E-state index is -0.880. The van der Waals surface area contributed by atoms with E-state index >= 15 is 0 Å². The van der Waals surface area contributed by atoms with Crippen LogP contribution < -0.4 is 10.5 Å². The van der Waals surface area contributed by atoms with Crippen LogP contribution in [0.25, 0.3) is 0 Å². The fourth-order valence-electron chi connectivity index (χ4n) is 1.35. The number of ether oxygens (including phenoxy) is 1. The molecule has 2 N–H and O–H groups in total. The van der Waals surface area contributed by atoms with Gasteiger partial charge in [-0.15, -0.1) is 0 Å². The smallest absolute Gasteiger partial charge is 0.186 e. The molecule has 1 aromatic rings. The fourth-order valence-corrected chi connectivity index (χ4v) is 1.49. The molecule has 0 aliphatic rings. The predicted molar refractivity (Wildman–Crippen MR) is 55.3 cm³/mol. The molecule has 0 aliphatic heterocycles. The van der Waals surface area contributed by atoms with Crippen molar-refractivity contribution < 1.29 is 13.5 Å². The van der Waals surface area contributed by atoms with E-state index in [1.807, 2.05) is 0 Å². The topological polar surface area (TPSA) is 35.2 Å². The second-order valence-corrected chi connectivity index (χ2v) is 3.74. The van der Waals surface area contributed by atoms with Gasteiger partial charge in [-0.05, 0) is 19.4 Å². The fraction of sp³-hybridized carbons (Fsp3) is 0.400. The molecular weight excluding hydrogens is 224 g/mol. The normalized spacial score (nSPS) is 12.7. The number of halogens is 3. The average Bonchev–Trinajstić information content (AvgIpc) is 2.14. The van der Waals surface area contributed by atoms with Crippen molar-refractivity contribution >= 4 is 11.6 Å². The Morgan fingerprint density at radius 3 is 2.60 bits per heavy atom. The van der Waals surface area contributed by atoms with Crippen molar-refractivity contribution in [1.29, 1.82) is 0 Å². The highest BCUT2D eigenvalue weighted by molar-refractivity contribution is 6.31. The molecule has 1 unspecified atom stereocenters. The summed E-state index contributed by atoms with van der Waals surface area (Å²) in [7, 11) is 1.30. The van der Waals surface area contributed by atoms with E-state index in [2.05, 4.69) is 0 Å². The van der Waals surface area contributed by atoms with Crippen LogP contribution in [0, 0.1) is 11.6 Å². The Hall–Kier alpha value is -0.870. The van der Waals surface area contributed by atoms with Crippen LogP contribution in [0.2, 0.25) is 5.02 Å². The van der Waals surface area contributed by atoms with Gasteiger partial charge in [0.05, 0.1) is 7.11 Å². The second-order valence-electron chi connectivity index (χ2n) is 3.36. The Kier molecular flexibility index (Phi) is 3.88. The monoisotopic (exact) mass is 235 g/mol. The molecule has 84 valence electrons. The van der Waals surface area contributed by atoms with Gasteiger partial charge in [-0.3, -0.25) is 0 Å². The third-order valence-corrected chi connectivity index (χ3v) is 2.29. The lowest BCUT2D eigenvalue weighted by molar-refractivity contribution is 0.377. The molecule has 0 amide bonds. The van der Waals surface area contributed by atoms with E-state index in [1.54, 1.807) is 6.92 Å². The molecule has 0 heterocycles. The first-order valence-electron chi connectivity index (χ1n) is 4.43. The van der Waals surface area contributed by atoms with E-state index in [9.17, 15) is 8.78 Å². The molecule has 0 bridgehead atoms. The molecule has 0 aliphatic carbocycles. The van der Waals surface area contributed by atoms with Crippen molar-refractivity contribution in [1.82, 2.24) is 0 Å². The van der Waals surface area contributed by atoms with Gasteiger partial charge in [-0.1, -0.05) is 11.6 Å². The summed E-state index contributed by atoms with van der Waals surface area (Å²) < 4.78 is 31.4. The van der Waals surface area contributed by atoms with E-state index in [0.29, 0.717) is 12.0 Å². The molecule has 5 heteroatoms. The number of hydrogen-bond acceptors (Lipinski definition) is 2. The van der Waals surface area contributed by atoms with Crippen molar-refractivity contribution in [3.05, 3.63) is 28.3 Å². The van der Waals surface area contributed by atoms with E-state index in [0.717, 1.165) is 6.07 Å². The Labute approximate surface area is 92.0 Å². The third-order valence-electron chi connectivity index (χ3n) is 1.94. The van der Waals surface area contributed by atoms with Crippen molar-refractivity contribution in [3.63, 3.8) is 0 Å². The zero-order chi connectivity index (χ0) is 11.6. The van der Waals surface area contributed by atoms with Crippen LogP contribution in [0.3, 0.4) is 0 Å². The Balaban J connectivity index is 3.25. The molecule has 0 saturated heterocycles. The summed E-state index contributed by atoms with van der Waals surface area (Å²) in [4.78, 5) is 0. The minimum Gasteiger partial charge on any atom is -0.493 e. The van der Waals surface area contributed by atoms with E-state index in [-0.39, 0.29) is 11.8 Å². The molecular formula is C10H12ClF2NO. The van der Waals surface area contributed by atoms with E-state index < -0.39 is 16.7 Å². The van der Waals surface area contributed by atoms with Crippen molar-refractivity contribution in [2.24, 2.45) is 5.73 Å². The Morgan fingerprint density at radius 2 is 2.13 bits per heavy atom. The maximum Gasteiger partial charge on any atom is 0.186 e. The zero-order valence-electron chi connectivity index (χ0n) is 8.48. The Morgan fingerprint density at radius 1 is 1.53 bits per heavy atom. The first kappa shape index (κ1) is 12.2. The van der Waals surface area contributed by atoms with E-state index in [4.69, 9.17) is 22.1 Å². The minimum absolute atomic E-state index is 0.0429. The molecule has 0 saturated carbocycles. The van der Waals surface area contributed by atoms with Crippen molar-refractivity contribution in [2.75, 3.05) is 7.11 Å². The molecule has 0 aromatic heterocycles. The zero-order valence-corrected chi connectivity index (χ0v) is 9.24. The van der Waals surface area contributed by atoms with Gasteiger partial charge in [0, 0.05) is 11.6 Å².